The lowest BCUT2D eigenvalue weighted by molar-refractivity contribution is -0.158. The van der Waals surface area contributed by atoms with E-state index in [2.05, 4.69) is 9.55 Å². The van der Waals surface area contributed by atoms with Gasteiger partial charge in [-0.15, -0.1) is 11.6 Å². The topological polar surface area (TPSA) is 122 Å². The number of methoxy groups -OCH3 is 1. The predicted molar refractivity (Wildman–Crippen MR) is 159 cm³/mol. The van der Waals surface area contributed by atoms with Gasteiger partial charge in [0.25, 0.3) is 0 Å². The van der Waals surface area contributed by atoms with Gasteiger partial charge in [-0.05, 0) is 44.5 Å². The van der Waals surface area contributed by atoms with Crippen molar-refractivity contribution in [2.75, 3.05) is 38.5 Å². The highest BCUT2D eigenvalue weighted by molar-refractivity contribution is 6.27. The molecule has 0 fully saturated rings. The SMILES string of the molecule is CCOC(=O)C(C)(C)Oc1cccc(CN(CCn2c(CCOC)nc3c(N)nc4ccccc4c32)C(=O)CCl)c1. The summed E-state index contributed by atoms with van der Waals surface area (Å²) in [6.07, 6.45) is 0.567. The summed E-state index contributed by atoms with van der Waals surface area (Å²) in [6, 6.07) is 15.1. The molecule has 0 unspecified atom stereocenters. The van der Waals surface area contributed by atoms with Crippen LogP contribution in [-0.2, 0) is 38.6 Å². The largest absolute Gasteiger partial charge is 0.476 e. The number of nitrogens with two attached hydrogens (primary N) is 1. The van der Waals surface area contributed by atoms with E-state index >= 15 is 0 Å². The molecular weight excluding hydrogens is 546 g/mol. The lowest BCUT2D eigenvalue weighted by atomic mass is 10.1. The van der Waals surface area contributed by atoms with Gasteiger partial charge in [-0.25, -0.2) is 14.8 Å². The molecule has 4 aromatic rings. The Bertz CT molecular complexity index is 1540. The van der Waals surface area contributed by atoms with Gasteiger partial charge in [0.05, 0.1) is 24.2 Å². The standard InChI is InChI=1S/C30H36ClN5O5/c1-5-40-29(38)30(2,3)41-21-10-8-9-20(17-21)19-35(25(37)18-31)14-15-36-24(13-16-39-4)34-26-27(36)22-11-6-7-12-23(22)33-28(26)32/h6-12,17H,5,13-16,18-19H2,1-4H3,(H2,32,33). The normalized spacial score (nSPS) is 11.6. The zero-order chi connectivity index (χ0) is 29.6. The molecule has 2 heterocycles. The van der Waals surface area contributed by atoms with Crippen molar-refractivity contribution < 1.29 is 23.8 Å². The maximum absolute atomic E-state index is 13.0. The fraction of sp³-hybridized carbons (Fsp3) is 0.400. The minimum atomic E-state index is -1.17. The second-order valence-electron chi connectivity index (χ2n) is 10.1. The maximum Gasteiger partial charge on any atom is 0.349 e. The van der Waals surface area contributed by atoms with Crippen molar-refractivity contribution in [3.63, 3.8) is 0 Å². The van der Waals surface area contributed by atoms with Gasteiger partial charge in [0.1, 0.15) is 23.0 Å². The number of fused-ring (bicyclic) bond motifs is 3. The molecule has 2 aromatic heterocycles. The summed E-state index contributed by atoms with van der Waals surface area (Å²) >= 11 is 6.02. The molecule has 0 spiro atoms. The number of nitrogens with zero attached hydrogens (tertiary/aromatic N) is 4. The van der Waals surface area contributed by atoms with Crippen molar-refractivity contribution in [1.82, 2.24) is 19.4 Å². The molecule has 1 amide bonds. The molecule has 0 bridgehead atoms. The van der Waals surface area contributed by atoms with Gasteiger partial charge >= 0.3 is 5.97 Å². The van der Waals surface area contributed by atoms with Gasteiger partial charge in [0.2, 0.25) is 5.91 Å². The number of anilines is 1. The summed E-state index contributed by atoms with van der Waals surface area (Å²) in [6.45, 7) is 6.93. The number of hydrogen-bond donors (Lipinski definition) is 1. The number of esters is 1. The molecular formula is C30H36ClN5O5. The van der Waals surface area contributed by atoms with Gasteiger partial charge in [0, 0.05) is 38.6 Å². The highest BCUT2D eigenvalue weighted by atomic mass is 35.5. The Kier molecular flexibility index (Phi) is 9.67. The molecule has 2 N–H and O–H groups in total. The van der Waals surface area contributed by atoms with Crippen LogP contribution in [0.5, 0.6) is 5.75 Å². The highest BCUT2D eigenvalue weighted by Gasteiger charge is 2.31. The van der Waals surface area contributed by atoms with Crippen molar-refractivity contribution >= 4 is 51.2 Å². The van der Waals surface area contributed by atoms with Crippen LogP contribution in [0.4, 0.5) is 5.82 Å². The number of halogens is 1. The molecule has 2 aromatic carbocycles. The van der Waals surface area contributed by atoms with Crippen LogP contribution >= 0.6 is 11.6 Å². The smallest absolute Gasteiger partial charge is 0.349 e. The van der Waals surface area contributed by atoms with Gasteiger partial charge in [-0.1, -0.05) is 30.3 Å². The summed E-state index contributed by atoms with van der Waals surface area (Å²) < 4.78 is 18.5. The van der Waals surface area contributed by atoms with Crippen LogP contribution in [0.2, 0.25) is 0 Å². The van der Waals surface area contributed by atoms with Crippen LogP contribution in [0, 0.1) is 0 Å². The summed E-state index contributed by atoms with van der Waals surface area (Å²) in [5.41, 5.74) is 8.24. The number of carbonyl (C=O) groups is 2. The quantitative estimate of drug-likeness (QED) is 0.183. The lowest BCUT2D eigenvalue weighted by Gasteiger charge is -2.25. The van der Waals surface area contributed by atoms with E-state index < -0.39 is 11.6 Å². The number of hydrogen-bond acceptors (Lipinski definition) is 8. The van der Waals surface area contributed by atoms with E-state index in [9.17, 15) is 9.59 Å². The molecule has 4 rings (SSSR count). The van der Waals surface area contributed by atoms with E-state index in [1.165, 1.54) is 0 Å². The molecule has 0 atom stereocenters. The molecule has 10 nitrogen and oxygen atoms in total. The molecule has 0 radical (unpaired) electrons. The second kappa shape index (κ2) is 13.2. The monoisotopic (exact) mass is 581 g/mol. The Labute approximate surface area is 244 Å². The Hall–Kier alpha value is -3.89. The first-order chi connectivity index (χ1) is 19.7. The molecule has 0 saturated carbocycles. The lowest BCUT2D eigenvalue weighted by Crippen LogP contribution is -2.39. The summed E-state index contributed by atoms with van der Waals surface area (Å²) in [4.78, 5) is 36.3. The Morgan fingerprint density at radius 2 is 1.90 bits per heavy atom. The van der Waals surface area contributed by atoms with Crippen LogP contribution in [0.15, 0.2) is 48.5 Å². The zero-order valence-corrected chi connectivity index (χ0v) is 24.6. The number of pyridine rings is 1. The van der Waals surface area contributed by atoms with Crippen LogP contribution < -0.4 is 10.5 Å². The molecule has 0 aliphatic rings. The number of para-hydroxylation sites is 1. The molecule has 41 heavy (non-hydrogen) atoms. The van der Waals surface area contributed by atoms with Gasteiger partial charge in [0.15, 0.2) is 11.4 Å². The number of aromatic nitrogens is 3. The van der Waals surface area contributed by atoms with E-state index in [-0.39, 0.29) is 18.4 Å². The average Bonchev–Trinajstić information content (AvgIpc) is 3.33. The van der Waals surface area contributed by atoms with Crippen LogP contribution in [-0.4, -0.2) is 69.7 Å². The fourth-order valence-corrected chi connectivity index (χ4v) is 4.87. The van der Waals surface area contributed by atoms with E-state index in [0.29, 0.717) is 49.7 Å². The van der Waals surface area contributed by atoms with E-state index in [0.717, 1.165) is 27.8 Å². The van der Waals surface area contributed by atoms with Crippen molar-refractivity contribution in [2.24, 2.45) is 0 Å². The number of imidazole rings is 1. The summed E-state index contributed by atoms with van der Waals surface area (Å²) in [7, 11) is 1.64. The number of ether oxygens (including phenoxy) is 3. The van der Waals surface area contributed by atoms with Crippen molar-refractivity contribution in [3.05, 3.63) is 59.9 Å². The number of amides is 1. The fourth-order valence-electron chi connectivity index (χ4n) is 4.70. The van der Waals surface area contributed by atoms with Crippen LogP contribution in [0.3, 0.4) is 0 Å². The Morgan fingerprint density at radius 3 is 2.63 bits per heavy atom. The van der Waals surface area contributed by atoms with Gasteiger partial charge < -0.3 is 29.4 Å². The predicted octanol–water partition coefficient (Wildman–Crippen LogP) is 4.34. The number of benzene rings is 2. The number of rotatable bonds is 13. The molecule has 218 valence electrons. The number of nitrogen functional groups attached to an aromatic ring is 1. The summed E-state index contributed by atoms with van der Waals surface area (Å²) in [5, 5.41) is 0.928. The first-order valence-electron chi connectivity index (χ1n) is 13.5. The molecule has 0 aliphatic heterocycles. The van der Waals surface area contributed by atoms with E-state index in [4.69, 9.17) is 36.5 Å². The third kappa shape index (κ3) is 6.89. The molecule has 0 saturated heterocycles. The van der Waals surface area contributed by atoms with Crippen molar-refractivity contribution in [1.29, 1.82) is 0 Å². The average molecular weight is 582 g/mol. The third-order valence-electron chi connectivity index (χ3n) is 6.69. The maximum atomic E-state index is 13.0. The number of carbonyl (C=O) groups excluding carboxylic acids is 2. The van der Waals surface area contributed by atoms with Crippen LogP contribution in [0.25, 0.3) is 21.9 Å². The van der Waals surface area contributed by atoms with E-state index in [1.54, 1.807) is 38.8 Å². The van der Waals surface area contributed by atoms with Gasteiger partial charge in [-0.2, -0.15) is 0 Å². The number of alkyl halides is 1. The highest BCUT2D eigenvalue weighted by Crippen LogP contribution is 2.29. The summed E-state index contributed by atoms with van der Waals surface area (Å²) in [5.74, 6) is 0.820. The first-order valence-corrected chi connectivity index (χ1v) is 14.0. The Balaban J connectivity index is 1.62. The minimum absolute atomic E-state index is 0.160. The van der Waals surface area contributed by atoms with Crippen molar-refractivity contribution in [3.8, 4) is 5.75 Å². The molecule has 11 heteroatoms. The minimum Gasteiger partial charge on any atom is -0.476 e. The third-order valence-corrected chi connectivity index (χ3v) is 6.92. The second-order valence-corrected chi connectivity index (χ2v) is 10.3. The molecule has 0 aliphatic carbocycles. The van der Waals surface area contributed by atoms with Crippen molar-refractivity contribution in [2.45, 2.75) is 45.9 Å². The van der Waals surface area contributed by atoms with Gasteiger partial charge in [-0.3, -0.25) is 4.79 Å². The first kappa shape index (κ1) is 30.1. The van der Waals surface area contributed by atoms with E-state index in [1.807, 2.05) is 42.5 Å². The zero-order valence-electron chi connectivity index (χ0n) is 23.9. The van der Waals surface area contributed by atoms with Crippen LogP contribution in [0.1, 0.15) is 32.2 Å². The Morgan fingerprint density at radius 1 is 1.12 bits per heavy atom.